The minimum atomic E-state index is -5.95. The van der Waals surface area contributed by atoms with E-state index in [0.717, 1.165) is 0 Å². The van der Waals surface area contributed by atoms with Crippen molar-refractivity contribution in [3.05, 3.63) is 52.4 Å². The van der Waals surface area contributed by atoms with Gasteiger partial charge in [0.25, 0.3) is 0 Å². The summed E-state index contributed by atoms with van der Waals surface area (Å²) in [6.07, 6.45) is 0. The maximum absolute atomic E-state index is 14.0. The van der Waals surface area contributed by atoms with E-state index >= 15 is 0 Å². The van der Waals surface area contributed by atoms with Gasteiger partial charge in [-0.25, -0.2) is 39.5 Å². The summed E-state index contributed by atoms with van der Waals surface area (Å²) in [5.74, 6) is -25.0. The van der Waals surface area contributed by atoms with E-state index < -0.39 is 78.5 Å². The van der Waals surface area contributed by atoms with Crippen LogP contribution in [0.2, 0.25) is 0 Å². The van der Waals surface area contributed by atoms with Gasteiger partial charge in [0.2, 0.25) is 5.82 Å². The Balaban J connectivity index is 0.00000338. The Bertz CT molecular complexity index is 995. The Kier molecular flexibility index (Phi) is 6.36. The van der Waals surface area contributed by atoms with Crippen LogP contribution in [0.5, 0.6) is 0 Å². The molecular weight excluding hydrogens is 510 g/mol. The fourth-order valence-corrected chi connectivity index (χ4v) is 2.53. The fourth-order valence-electron chi connectivity index (χ4n) is 1.88. The molecule has 3 radical (unpaired) electrons. The molecule has 2 rings (SSSR count). The molecule has 26 heavy (non-hydrogen) atoms. The first kappa shape index (κ1) is 22.6. The van der Waals surface area contributed by atoms with E-state index in [-0.39, 0.29) is 25.8 Å². The van der Waals surface area contributed by atoms with Gasteiger partial charge in [0, 0.05) is 25.8 Å². The first-order chi connectivity index (χ1) is 11.3. The SMILES string of the molecule is O=S(=O)(O)c1c(F)c(F)c(F)c(-c2c(F)c(F)c(F)c(F)c2F)c1F.[In]. The van der Waals surface area contributed by atoms with Crippen LogP contribution in [0, 0.1) is 52.4 Å². The van der Waals surface area contributed by atoms with Crippen molar-refractivity contribution < 1.29 is 52.5 Å². The van der Waals surface area contributed by atoms with Gasteiger partial charge in [0.15, 0.2) is 51.4 Å². The first-order valence-electron chi connectivity index (χ1n) is 5.67. The molecule has 0 unspecified atom stereocenters. The molecule has 0 saturated heterocycles. The van der Waals surface area contributed by atoms with E-state index in [2.05, 4.69) is 0 Å². The van der Waals surface area contributed by atoms with Crippen molar-refractivity contribution in [2.24, 2.45) is 0 Å². The smallest absolute Gasteiger partial charge is 0.282 e. The maximum Gasteiger partial charge on any atom is 0.300 e. The molecule has 1 N–H and O–H groups in total. The largest absolute Gasteiger partial charge is 0.300 e. The Morgan fingerprint density at radius 2 is 0.769 bits per heavy atom. The molecule has 0 aromatic heterocycles. The van der Waals surface area contributed by atoms with Crippen molar-refractivity contribution in [1.29, 1.82) is 0 Å². The molecule has 3 nitrogen and oxygen atoms in total. The number of hydrogen-bond acceptors (Lipinski definition) is 2. The zero-order valence-corrected chi connectivity index (χ0v) is 15.8. The van der Waals surface area contributed by atoms with Gasteiger partial charge in [-0.1, -0.05) is 0 Å². The summed E-state index contributed by atoms with van der Waals surface area (Å²) in [5, 5.41) is 0. The van der Waals surface area contributed by atoms with Crippen LogP contribution >= 0.6 is 0 Å². The minimum absolute atomic E-state index is 0. The summed E-state index contributed by atoms with van der Waals surface area (Å²) < 4.78 is 151. The molecule has 0 saturated carbocycles. The topological polar surface area (TPSA) is 54.4 Å². The van der Waals surface area contributed by atoms with Gasteiger partial charge in [0.05, 0.1) is 11.1 Å². The van der Waals surface area contributed by atoms with E-state index in [4.69, 9.17) is 4.55 Å². The fraction of sp³-hybridized carbons (Fsp3) is 0. The summed E-state index contributed by atoms with van der Waals surface area (Å²) in [6.45, 7) is 0. The number of halogens is 9. The molecule has 0 aliphatic carbocycles. The molecule has 0 spiro atoms. The van der Waals surface area contributed by atoms with Gasteiger partial charge in [-0.05, 0) is 0 Å². The maximum atomic E-state index is 14.0. The van der Waals surface area contributed by atoms with E-state index in [0.29, 0.717) is 0 Å². The van der Waals surface area contributed by atoms with Gasteiger partial charge in [-0.3, -0.25) is 4.55 Å². The third kappa shape index (κ3) is 3.29. The summed E-state index contributed by atoms with van der Waals surface area (Å²) in [4.78, 5) is -2.58. The summed E-state index contributed by atoms with van der Waals surface area (Å²) in [7, 11) is -5.95. The van der Waals surface area contributed by atoms with Crippen molar-refractivity contribution in [2.75, 3.05) is 0 Å². The monoisotopic (exact) mass is 511 g/mol. The summed E-state index contributed by atoms with van der Waals surface area (Å²) >= 11 is 0. The van der Waals surface area contributed by atoms with Crippen molar-refractivity contribution in [2.45, 2.75) is 4.90 Å². The average molecular weight is 511 g/mol. The molecule has 0 aliphatic heterocycles. The Morgan fingerprint density at radius 3 is 1.12 bits per heavy atom. The number of hydrogen-bond donors (Lipinski definition) is 1. The molecule has 2 aromatic rings. The third-order valence-electron chi connectivity index (χ3n) is 2.94. The van der Waals surface area contributed by atoms with Crippen LogP contribution in [0.4, 0.5) is 39.5 Å². The zero-order chi connectivity index (χ0) is 19.4. The second-order valence-corrected chi connectivity index (χ2v) is 5.74. The molecule has 0 aliphatic rings. The van der Waals surface area contributed by atoms with E-state index in [1.165, 1.54) is 0 Å². The zero-order valence-electron chi connectivity index (χ0n) is 11.7. The summed E-state index contributed by atoms with van der Waals surface area (Å²) in [6, 6.07) is 0. The Morgan fingerprint density at radius 1 is 0.500 bits per heavy atom. The number of benzene rings is 2. The van der Waals surface area contributed by atoms with Crippen LogP contribution in [0.3, 0.4) is 0 Å². The average Bonchev–Trinajstić information content (AvgIpc) is 2.51. The molecule has 0 fully saturated rings. The second kappa shape index (κ2) is 7.31. The van der Waals surface area contributed by atoms with Crippen LogP contribution in [-0.4, -0.2) is 38.8 Å². The van der Waals surface area contributed by atoms with Gasteiger partial charge >= 0.3 is 10.1 Å². The van der Waals surface area contributed by atoms with Gasteiger partial charge in [-0.15, -0.1) is 0 Å². The van der Waals surface area contributed by atoms with Gasteiger partial charge < -0.3 is 0 Å². The molecule has 0 atom stereocenters. The quantitative estimate of drug-likeness (QED) is 0.291. The molecule has 0 bridgehead atoms. The molecular formula is C12HF9InO3S. The normalized spacial score (nSPS) is 11.5. The van der Waals surface area contributed by atoms with Crippen molar-refractivity contribution in [3.8, 4) is 11.1 Å². The second-order valence-electron chi connectivity index (χ2n) is 4.38. The minimum Gasteiger partial charge on any atom is -0.282 e. The molecule has 0 amide bonds. The standard InChI is InChI=1S/C12HF9O3S.In/c13-3-1(4(14)8(18)10(20)7(3)17)2-5(15)9(19)11(21)12(6(2)16)25(22,23)24;/h(H,22,23,24);. The molecule has 0 heterocycles. The Hall–Kier alpha value is -1.41. The van der Waals surface area contributed by atoms with Crippen LogP contribution in [-0.2, 0) is 10.1 Å². The van der Waals surface area contributed by atoms with Gasteiger partial charge in [0.1, 0.15) is 0 Å². The van der Waals surface area contributed by atoms with Crippen LogP contribution < -0.4 is 0 Å². The van der Waals surface area contributed by atoms with E-state index in [1.807, 2.05) is 0 Å². The van der Waals surface area contributed by atoms with Crippen molar-refractivity contribution in [3.63, 3.8) is 0 Å². The van der Waals surface area contributed by atoms with E-state index in [1.54, 1.807) is 0 Å². The van der Waals surface area contributed by atoms with Crippen molar-refractivity contribution in [1.82, 2.24) is 0 Å². The first-order valence-corrected chi connectivity index (χ1v) is 7.11. The van der Waals surface area contributed by atoms with Crippen LogP contribution in [0.15, 0.2) is 4.90 Å². The molecule has 139 valence electrons. The predicted octanol–water partition coefficient (Wildman–Crippen LogP) is 3.47. The van der Waals surface area contributed by atoms with Crippen molar-refractivity contribution >= 4 is 36.0 Å². The Labute approximate surface area is 157 Å². The molecule has 14 heteroatoms. The van der Waals surface area contributed by atoms with Crippen LogP contribution in [0.1, 0.15) is 0 Å². The number of rotatable bonds is 2. The summed E-state index contributed by atoms with van der Waals surface area (Å²) in [5.41, 5.74) is -4.81. The van der Waals surface area contributed by atoms with Gasteiger partial charge in [-0.2, -0.15) is 8.42 Å². The predicted molar refractivity (Wildman–Crippen MR) is 67.1 cm³/mol. The molecule has 2 aromatic carbocycles. The van der Waals surface area contributed by atoms with E-state index in [9.17, 15) is 47.9 Å². The third-order valence-corrected chi connectivity index (χ3v) is 3.82. The van der Waals surface area contributed by atoms with Crippen LogP contribution in [0.25, 0.3) is 11.1 Å².